The molecule has 1 rings (SSSR count). The number of sulfonamides is 1. The Morgan fingerprint density at radius 3 is 2.40 bits per heavy atom. The Morgan fingerprint density at radius 2 is 1.90 bits per heavy atom. The molecule has 10 heteroatoms. The minimum atomic E-state index is -4.13. The average Bonchev–Trinajstić information content (AvgIpc) is 2.35. The zero-order chi connectivity index (χ0) is 15.5. The van der Waals surface area contributed by atoms with Crippen molar-refractivity contribution in [2.75, 3.05) is 13.6 Å². The van der Waals surface area contributed by atoms with Crippen LogP contribution in [-0.4, -0.2) is 39.0 Å². The van der Waals surface area contributed by atoms with Gasteiger partial charge in [-0.1, -0.05) is 23.2 Å². The highest BCUT2D eigenvalue weighted by atomic mass is 35.5. The molecule has 0 heterocycles. The third-order valence-electron chi connectivity index (χ3n) is 2.26. The number of hydrogen-bond acceptors (Lipinski definition) is 4. The first kappa shape index (κ1) is 16.7. The third-order valence-corrected chi connectivity index (χ3v) is 4.52. The first-order valence-corrected chi connectivity index (χ1v) is 7.36. The van der Waals surface area contributed by atoms with Crippen LogP contribution < -0.4 is 10.0 Å². The first-order valence-electron chi connectivity index (χ1n) is 5.12. The number of carboxylic acid groups (broad SMARTS) is 1. The Hall–Kier alpha value is -1.35. The van der Waals surface area contributed by atoms with E-state index >= 15 is 0 Å². The predicted molar refractivity (Wildman–Crippen MR) is 72.7 cm³/mol. The van der Waals surface area contributed by atoms with E-state index in [-0.39, 0.29) is 5.02 Å². The molecule has 0 aromatic heterocycles. The van der Waals surface area contributed by atoms with E-state index in [4.69, 9.17) is 28.3 Å². The molecule has 1 aromatic carbocycles. The molecule has 0 fully saturated rings. The van der Waals surface area contributed by atoms with Crippen LogP contribution in [0.25, 0.3) is 0 Å². The van der Waals surface area contributed by atoms with Crippen molar-refractivity contribution in [2.45, 2.75) is 4.90 Å². The number of rotatable bonds is 5. The minimum Gasteiger partial charge on any atom is -0.478 e. The highest BCUT2D eigenvalue weighted by Crippen LogP contribution is 2.30. The molecule has 110 valence electrons. The van der Waals surface area contributed by atoms with Gasteiger partial charge in [-0.3, -0.25) is 4.79 Å². The van der Waals surface area contributed by atoms with Crippen molar-refractivity contribution in [3.63, 3.8) is 0 Å². The van der Waals surface area contributed by atoms with E-state index in [1.165, 1.54) is 7.05 Å². The number of carboxylic acids is 1. The molecule has 0 aliphatic heterocycles. The Bertz CT molecular complexity index is 660. The van der Waals surface area contributed by atoms with Gasteiger partial charge >= 0.3 is 5.97 Å². The van der Waals surface area contributed by atoms with Crippen molar-refractivity contribution in [2.24, 2.45) is 0 Å². The maximum atomic E-state index is 11.9. The second-order valence-corrected chi connectivity index (χ2v) is 6.06. The lowest BCUT2D eigenvalue weighted by atomic mass is 10.2. The fourth-order valence-corrected chi connectivity index (χ4v) is 3.16. The van der Waals surface area contributed by atoms with Crippen LogP contribution in [0.15, 0.2) is 17.0 Å². The fourth-order valence-electron chi connectivity index (χ4n) is 1.26. The molecular formula is C10H10Cl2N2O5S. The summed E-state index contributed by atoms with van der Waals surface area (Å²) in [7, 11) is -2.79. The average molecular weight is 341 g/mol. The number of halogens is 2. The number of carbonyl (C=O) groups excluding carboxylic acids is 1. The summed E-state index contributed by atoms with van der Waals surface area (Å²) in [4.78, 5) is 21.5. The summed E-state index contributed by atoms with van der Waals surface area (Å²) < 4.78 is 25.9. The van der Waals surface area contributed by atoms with E-state index in [0.717, 1.165) is 12.1 Å². The molecular weight excluding hydrogens is 331 g/mol. The largest absolute Gasteiger partial charge is 0.478 e. The Morgan fingerprint density at radius 1 is 1.30 bits per heavy atom. The van der Waals surface area contributed by atoms with Crippen LogP contribution >= 0.6 is 23.2 Å². The van der Waals surface area contributed by atoms with E-state index in [1.54, 1.807) is 0 Å². The molecule has 1 aromatic rings. The van der Waals surface area contributed by atoms with Gasteiger partial charge in [-0.25, -0.2) is 17.9 Å². The molecule has 0 spiro atoms. The zero-order valence-corrected chi connectivity index (χ0v) is 12.4. The summed E-state index contributed by atoms with van der Waals surface area (Å²) in [6, 6.07) is 2.16. The molecule has 0 aliphatic carbocycles. The molecule has 7 nitrogen and oxygen atoms in total. The van der Waals surface area contributed by atoms with Gasteiger partial charge in [0.25, 0.3) is 0 Å². The third kappa shape index (κ3) is 3.60. The van der Waals surface area contributed by atoms with Crippen LogP contribution in [0.2, 0.25) is 10.0 Å². The maximum Gasteiger partial charge on any atom is 0.338 e. The first-order chi connectivity index (χ1) is 9.20. The number of hydrogen-bond donors (Lipinski definition) is 3. The number of likely N-dealkylation sites (N-methyl/N-ethyl adjacent to an activating group) is 1. The van der Waals surface area contributed by atoms with Gasteiger partial charge in [0.15, 0.2) is 0 Å². The standard InChI is InChI=1S/C10H10Cl2N2O5S/c1-13-7(15)4-14-20(18,19)6-3-2-5(11)8(9(6)12)10(16)17/h2-3,14H,4H2,1H3,(H,13,15)(H,16,17). The van der Waals surface area contributed by atoms with Gasteiger partial charge in [-0.2, -0.15) is 0 Å². The van der Waals surface area contributed by atoms with Crippen LogP contribution in [0.1, 0.15) is 10.4 Å². The van der Waals surface area contributed by atoms with Crippen LogP contribution in [0.3, 0.4) is 0 Å². The molecule has 20 heavy (non-hydrogen) atoms. The highest BCUT2D eigenvalue weighted by molar-refractivity contribution is 7.89. The molecule has 0 radical (unpaired) electrons. The van der Waals surface area contributed by atoms with Crippen LogP contribution in [0, 0.1) is 0 Å². The number of nitrogens with one attached hydrogen (secondary N) is 2. The summed E-state index contributed by atoms with van der Waals surface area (Å²) in [5, 5.41) is 10.5. The highest BCUT2D eigenvalue weighted by Gasteiger charge is 2.24. The van der Waals surface area contributed by atoms with E-state index in [1.807, 2.05) is 4.72 Å². The minimum absolute atomic E-state index is 0.187. The summed E-state index contributed by atoms with van der Waals surface area (Å²) in [6.07, 6.45) is 0. The maximum absolute atomic E-state index is 11.9. The van der Waals surface area contributed by atoms with Gasteiger partial charge in [0.2, 0.25) is 15.9 Å². The number of aromatic carboxylic acids is 1. The van der Waals surface area contributed by atoms with E-state index in [9.17, 15) is 18.0 Å². The van der Waals surface area contributed by atoms with Crippen molar-refractivity contribution >= 4 is 45.1 Å². The molecule has 0 unspecified atom stereocenters. The lowest BCUT2D eigenvalue weighted by Gasteiger charge is -2.10. The van der Waals surface area contributed by atoms with Gasteiger partial charge in [0, 0.05) is 7.05 Å². The number of amides is 1. The molecule has 1 amide bonds. The smallest absolute Gasteiger partial charge is 0.338 e. The van der Waals surface area contributed by atoms with Crippen molar-refractivity contribution in [1.29, 1.82) is 0 Å². The monoisotopic (exact) mass is 340 g/mol. The van der Waals surface area contributed by atoms with Gasteiger partial charge in [0.1, 0.15) is 4.90 Å². The Kier molecular flexibility index (Phi) is 5.35. The second-order valence-electron chi connectivity index (χ2n) is 3.54. The molecule has 0 saturated heterocycles. The topological polar surface area (TPSA) is 113 Å². The van der Waals surface area contributed by atoms with E-state index in [0.29, 0.717) is 0 Å². The fraction of sp³-hybridized carbons (Fsp3) is 0.200. The van der Waals surface area contributed by atoms with Gasteiger partial charge in [0.05, 0.1) is 22.2 Å². The lowest BCUT2D eigenvalue weighted by Crippen LogP contribution is -2.35. The summed E-state index contributed by atoms with van der Waals surface area (Å²) in [6.45, 7) is -0.500. The lowest BCUT2D eigenvalue weighted by molar-refractivity contribution is -0.119. The quantitative estimate of drug-likeness (QED) is 0.730. The zero-order valence-electron chi connectivity index (χ0n) is 10.1. The number of carbonyl (C=O) groups is 2. The summed E-state index contributed by atoms with van der Waals surface area (Å²) in [5.41, 5.74) is -0.517. The molecule has 3 N–H and O–H groups in total. The molecule has 0 saturated carbocycles. The van der Waals surface area contributed by atoms with Crippen molar-refractivity contribution in [1.82, 2.24) is 10.0 Å². The summed E-state index contributed by atoms with van der Waals surface area (Å²) >= 11 is 11.4. The van der Waals surface area contributed by atoms with Crippen LogP contribution in [0.5, 0.6) is 0 Å². The van der Waals surface area contributed by atoms with Gasteiger partial charge < -0.3 is 10.4 Å². The molecule has 0 aliphatic rings. The van der Waals surface area contributed by atoms with Crippen molar-refractivity contribution < 1.29 is 23.1 Å². The van der Waals surface area contributed by atoms with E-state index in [2.05, 4.69) is 5.32 Å². The molecule has 0 bridgehead atoms. The summed E-state index contributed by atoms with van der Waals surface area (Å²) in [5.74, 6) is -2.01. The Labute approximate surface area is 124 Å². The van der Waals surface area contributed by atoms with E-state index < -0.39 is 43.9 Å². The SMILES string of the molecule is CNC(=O)CNS(=O)(=O)c1ccc(Cl)c(C(=O)O)c1Cl. The van der Waals surface area contributed by atoms with Crippen molar-refractivity contribution in [3.8, 4) is 0 Å². The normalized spacial score (nSPS) is 11.2. The van der Waals surface area contributed by atoms with Crippen molar-refractivity contribution in [3.05, 3.63) is 27.7 Å². The predicted octanol–water partition coefficient (Wildman–Crippen LogP) is 0.716. The molecule has 0 atom stereocenters. The van der Waals surface area contributed by atoms with Gasteiger partial charge in [-0.05, 0) is 12.1 Å². The Balaban J connectivity index is 3.23. The van der Waals surface area contributed by atoms with Crippen LogP contribution in [0.4, 0.5) is 0 Å². The van der Waals surface area contributed by atoms with Crippen LogP contribution in [-0.2, 0) is 14.8 Å². The second kappa shape index (κ2) is 6.40. The van der Waals surface area contributed by atoms with Gasteiger partial charge in [-0.15, -0.1) is 0 Å². The number of benzene rings is 1.